The van der Waals surface area contributed by atoms with Crippen LogP contribution in [-0.2, 0) is 16.1 Å². The van der Waals surface area contributed by atoms with Crippen molar-refractivity contribution in [2.45, 2.75) is 20.4 Å². The quantitative estimate of drug-likeness (QED) is 0.468. The summed E-state index contributed by atoms with van der Waals surface area (Å²) >= 11 is 0. The van der Waals surface area contributed by atoms with Crippen LogP contribution in [0.2, 0.25) is 0 Å². The minimum Gasteiger partial charge on any atom is -0.453 e. The van der Waals surface area contributed by atoms with Gasteiger partial charge in [0.15, 0.2) is 11.6 Å². The fourth-order valence-electron chi connectivity index (χ4n) is 3.05. The van der Waals surface area contributed by atoms with E-state index in [0.717, 1.165) is 21.4 Å². The standard InChI is InChI=1S/C22H22F2N4O3/c1-13-5-6-15(9-17(13)12-25-22(29)30-3)20-7-8-28(26-20)21-18(23)10-16(11-19(21)24)14(2)27-31-4/h5-11H,12H2,1-4H3,(H,25,29)/b27-14-. The molecule has 0 spiro atoms. The van der Waals surface area contributed by atoms with Gasteiger partial charge < -0.3 is 14.9 Å². The largest absolute Gasteiger partial charge is 0.453 e. The maximum Gasteiger partial charge on any atom is 0.407 e. The van der Waals surface area contributed by atoms with E-state index in [1.54, 1.807) is 13.0 Å². The topological polar surface area (TPSA) is 77.7 Å². The van der Waals surface area contributed by atoms with E-state index in [1.807, 2.05) is 25.1 Å². The highest BCUT2D eigenvalue weighted by atomic mass is 19.1. The van der Waals surface area contributed by atoms with Gasteiger partial charge in [-0.25, -0.2) is 18.3 Å². The Morgan fingerprint density at radius 2 is 1.87 bits per heavy atom. The molecule has 1 amide bonds. The molecular formula is C22H22F2N4O3. The van der Waals surface area contributed by atoms with Crippen molar-refractivity contribution in [3.63, 3.8) is 0 Å². The molecule has 0 unspecified atom stereocenters. The second-order valence-electron chi connectivity index (χ2n) is 6.78. The van der Waals surface area contributed by atoms with Gasteiger partial charge in [0.05, 0.1) is 18.5 Å². The molecule has 0 aliphatic heterocycles. The molecule has 0 bridgehead atoms. The van der Waals surface area contributed by atoms with E-state index in [4.69, 9.17) is 0 Å². The summed E-state index contributed by atoms with van der Waals surface area (Å²) in [7, 11) is 2.65. The average molecular weight is 428 g/mol. The highest BCUT2D eigenvalue weighted by molar-refractivity contribution is 5.98. The number of carbonyl (C=O) groups is 1. The van der Waals surface area contributed by atoms with Gasteiger partial charge in [-0.1, -0.05) is 17.3 Å². The van der Waals surface area contributed by atoms with Crippen molar-refractivity contribution in [1.29, 1.82) is 0 Å². The number of aromatic nitrogens is 2. The molecule has 9 heteroatoms. The fourth-order valence-corrected chi connectivity index (χ4v) is 3.05. The zero-order valence-electron chi connectivity index (χ0n) is 17.6. The van der Waals surface area contributed by atoms with E-state index >= 15 is 0 Å². The number of methoxy groups -OCH3 is 1. The molecule has 2 aromatic carbocycles. The SMILES string of the molecule is CO/N=C(/C)c1cc(F)c(-n2ccc(-c3ccc(C)c(CNC(=O)OC)c3)n2)c(F)c1. The molecule has 1 heterocycles. The predicted molar refractivity (Wildman–Crippen MR) is 112 cm³/mol. The van der Waals surface area contributed by atoms with Crippen LogP contribution in [0.15, 0.2) is 47.8 Å². The zero-order chi connectivity index (χ0) is 22.5. The average Bonchev–Trinajstić information content (AvgIpc) is 3.22. The number of hydrogen-bond donors (Lipinski definition) is 1. The first-order valence-electron chi connectivity index (χ1n) is 9.39. The van der Waals surface area contributed by atoms with Crippen molar-refractivity contribution >= 4 is 11.8 Å². The van der Waals surface area contributed by atoms with E-state index in [2.05, 4.69) is 25.1 Å². The number of benzene rings is 2. The van der Waals surface area contributed by atoms with Crippen molar-refractivity contribution in [2.75, 3.05) is 14.2 Å². The molecule has 0 saturated heterocycles. The molecule has 7 nitrogen and oxygen atoms in total. The van der Waals surface area contributed by atoms with Gasteiger partial charge in [-0.15, -0.1) is 0 Å². The van der Waals surface area contributed by atoms with Gasteiger partial charge in [-0.05, 0) is 49.2 Å². The van der Waals surface area contributed by atoms with Crippen molar-refractivity contribution in [3.8, 4) is 16.9 Å². The van der Waals surface area contributed by atoms with Gasteiger partial charge in [-0.3, -0.25) is 0 Å². The minimum atomic E-state index is -0.776. The molecule has 0 radical (unpaired) electrons. The molecule has 162 valence electrons. The first kappa shape index (κ1) is 21.9. The summed E-state index contributed by atoms with van der Waals surface area (Å²) in [5.74, 6) is -1.55. The van der Waals surface area contributed by atoms with E-state index in [1.165, 1.54) is 32.5 Å². The Morgan fingerprint density at radius 1 is 1.16 bits per heavy atom. The van der Waals surface area contributed by atoms with Gasteiger partial charge in [0.1, 0.15) is 12.8 Å². The Balaban J connectivity index is 1.92. The number of alkyl carbamates (subject to hydrolysis) is 1. The predicted octanol–water partition coefficient (Wildman–Crippen LogP) is 4.35. The second kappa shape index (κ2) is 9.38. The molecule has 0 aliphatic carbocycles. The second-order valence-corrected chi connectivity index (χ2v) is 6.78. The maximum atomic E-state index is 14.7. The third-order valence-corrected chi connectivity index (χ3v) is 4.73. The third-order valence-electron chi connectivity index (χ3n) is 4.73. The lowest BCUT2D eigenvalue weighted by Gasteiger charge is -2.09. The molecule has 0 fully saturated rings. The van der Waals surface area contributed by atoms with Gasteiger partial charge in [0.25, 0.3) is 0 Å². The van der Waals surface area contributed by atoms with Crippen molar-refractivity contribution in [2.24, 2.45) is 5.16 Å². The van der Waals surface area contributed by atoms with Gasteiger partial charge >= 0.3 is 6.09 Å². The number of rotatable bonds is 6. The number of nitrogens with one attached hydrogen (secondary N) is 1. The van der Waals surface area contributed by atoms with E-state index in [0.29, 0.717) is 11.4 Å². The van der Waals surface area contributed by atoms with Crippen LogP contribution >= 0.6 is 0 Å². The van der Waals surface area contributed by atoms with Crippen molar-refractivity contribution in [1.82, 2.24) is 15.1 Å². The Hall–Kier alpha value is -3.75. The highest BCUT2D eigenvalue weighted by Crippen LogP contribution is 2.25. The molecule has 3 aromatic rings. The minimum absolute atomic E-state index is 0.272. The molecule has 0 atom stereocenters. The normalized spacial score (nSPS) is 11.4. The van der Waals surface area contributed by atoms with Crippen molar-refractivity contribution in [3.05, 3.63) is 70.9 Å². The Kier molecular flexibility index (Phi) is 6.64. The van der Waals surface area contributed by atoms with Crippen LogP contribution in [0.1, 0.15) is 23.6 Å². The Labute approximate surface area is 178 Å². The molecule has 1 aromatic heterocycles. The molecule has 31 heavy (non-hydrogen) atoms. The van der Waals surface area contributed by atoms with Crippen LogP contribution in [0.4, 0.5) is 13.6 Å². The van der Waals surface area contributed by atoms with Crippen LogP contribution < -0.4 is 5.32 Å². The summed E-state index contributed by atoms with van der Waals surface area (Å²) in [6.45, 7) is 3.78. The Bertz CT molecular complexity index is 1120. The van der Waals surface area contributed by atoms with E-state index in [-0.39, 0.29) is 17.8 Å². The van der Waals surface area contributed by atoms with Gasteiger partial charge in [-0.2, -0.15) is 5.10 Å². The summed E-state index contributed by atoms with van der Waals surface area (Å²) in [4.78, 5) is 16.0. The maximum absolute atomic E-state index is 14.7. The first-order valence-corrected chi connectivity index (χ1v) is 9.39. The molecular weight excluding hydrogens is 406 g/mol. The van der Waals surface area contributed by atoms with E-state index < -0.39 is 17.7 Å². The first-order chi connectivity index (χ1) is 14.8. The smallest absolute Gasteiger partial charge is 0.407 e. The van der Waals surface area contributed by atoms with Crippen LogP contribution in [0.3, 0.4) is 0 Å². The van der Waals surface area contributed by atoms with Crippen LogP contribution in [0.5, 0.6) is 0 Å². The number of oxime groups is 1. The van der Waals surface area contributed by atoms with Crippen LogP contribution in [0, 0.1) is 18.6 Å². The van der Waals surface area contributed by atoms with E-state index in [9.17, 15) is 13.6 Å². The fraction of sp³-hybridized carbons (Fsp3) is 0.227. The molecule has 0 aliphatic rings. The Morgan fingerprint density at radius 3 is 2.52 bits per heavy atom. The number of hydrogen-bond acceptors (Lipinski definition) is 5. The molecule has 0 saturated carbocycles. The number of ether oxygens (including phenoxy) is 1. The number of aryl methyl sites for hydroxylation is 1. The summed E-state index contributed by atoms with van der Waals surface area (Å²) in [6, 6.07) is 9.62. The summed E-state index contributed by atoms with van der Waals surface area (Å²) in [6.07, 6.45) is 0.952. The number of carbonyl (C=O) groups excluding carboxylic acids is 1. The highest BCUT2D eigenvalue weighted by Gasteiger charge is 2.16. The number of halogens is 2. The lowest BCUT2D eigenvalue weighted by Crippen LogP contribution is -2.22. The van der Waals surface area contributed by atoms with Crippen molar-refractivity contribution < 1.29 is 23.1 Å². The third kappa shape index (κ3) is 4.88. The zero-order valence-corrected chi connectivity index (χ0v) is 17.6. The lowest BCUT2D eigenvalue weighted by atomic mass is 10.0. The summed E-state index contributed by atoms with van der Waals surface area (Å²) in [5.41, 5.74) is 3.44. The van der Waals surface area contributed by atoms with Gasteiger partial charge in [0.2, 0.25) is 0 Å². The van der Waals surface area contributed by atoms with Crippen LogP contribution in [-0.4, -0.2) is 35.8 Å². The number of amides is 1. The summed E-state index contributed by atoms with van der Waals surface area (Å²) in [5, 5.41) is 10.7. The van der Waals surface area contributed by atoms with Crippen LogP contribution in [0.25, 0.3) is 16.9 Å². The summed E-state index contributed by atoms with van der Waals surface area (Å²) < 4.78 is 35.1. The number of nitrogens with zero attached hydrogens (tertiary/aromatic N) is 3. The molecule has 3 rings (SSSR count). The molecule has 1 N–H and O–H groups in total. The lowest BCUT2D eigenvalue weighted by molar-refractivity contribution is 0.170. The van der Waals surface area contributed by atoms with Gasteiger partial charge in [0, 0.05) is 23.9 Å². The monoisotopic (exact) mass is 428 g/mol.